The molecule has 0 unspecified atom stereocenters. The molecule has 5 nitrogen and oxygen atoms in total. The Labute approximate surface area is 171 Å². The van der Waals surface area contributed by atoms with Gasteiger partial charge in [0.1, 0.15) is 5.76 Å². The van der Waals surface area contributed by atoms with E-state index in [1.165, 1.54) is 9.58 Å². The lowest BCUT2D eigenvalue weighted by Gasteiger charge is -2.20. The monoisotopic (exact) mass is 411 g/mol. The molecular weight excluding hydrogens is 390 g/mol. The molecule has 28 heavy (non-hydrogen) atoms. The molecule has 3 heterocycles. The van der Waals surface area contributed by atoms with Crippen molar-refractivity contribution in [3.63, 3.8) is 0 Å². The van der Waals surface area contributed by atoms with Gasteiger partial charge in [0.2, 0.25) is 5.91 Å². The number of amides is 1. The standard InChI is InChI=1S/C21H21N3O2S2/c25-20(22-10-9-21-23-18-7-1-2-8-19(18)28-21)15-24(13-16-5-3-11-26-16)14-17-6-4-12-27-17/h1-8,11-12H,9-10,13-15H2,(H,22,25). The summed E-state index contributed by atoms with van der Waals surface area (Å²) in [5, 5.41) is 6.13. The Balaban J connectivity index is 1.30. The van der Waals surface area contributed by atoms with E-state index in [0.29, 0.717) is 19.6 Å². The smallest absolute Gasteiger partial charge is 0.234 e. The van der Waals surface area contributed by atoms with E-state index in [-0.39, 0.29) is 5.91 Å². The number of thiophene rings is 1. The molecule has 0 bridgehead atoms. The number of aromatic nitrogens is 1. The Morgan fingerprint density at radius 1 is 1.11 bits per heavy atom. The van der Waals surface area contributed by atoms with Gasteiger partial charge < -0.3 is 9.73 Å². The molecule has 1 N–H and O–H groups in total. The molecule has 0 spiro atoms. The Morgan fingerprint density at radius 3 is 2.82 bits per heavy atom. The number of thiazole rings is 1. The summed E-state index contributed by atoms with van der Waals surface area (Å²) in [5.74, 6) is 0.878. The number of para-hydroxylation sites is 1. The third-order valence-corrected chi connectivity index (χ3v) is 6.24. The normalized spacial score (nSPS) is 11.3. The number of carbonyl (C=O) groups is 1. The molecule has 1 amide bonds. The number of hydrogen-bond acceptors (Lipinski definition) is 6. The van der Waals surface area contributed by atoms with Crippen molar-refractivity contribution in [3.8, 4) is 0 Å². The lowest BCUT2D eigenvalue weighted by atomic mass is 10.3. The van der Waals surface area contributed by atoms with Crippen LogP contribution in [0.25, 0.3) is 10.2 Å². The first-order chi connectivity index (χ1) is 13.8. The van der Waals surface area contributed by atoms with Gasteiger partial charge in [0.05, 0.1) is 34.6 Å². The second-order valence-electron chi connectivity index (χ2n) is 6.48. The molecule has 144 valence electrons. The van der Waals surface area contributed by atoms with E-state index >= 15 is 0 Å². The van der Waals surface area contributed by atoms with E-state index in [9.17, 15) is 4.79 Å². The van der Waals surface area contributed by atoms with Crippen LogP contribution in [-0.2, 0) is 24.3 Å². The molecule has 0 fully saturated rings. The van der Waals surface area contributed by atoms with E-state index in [4.69, 9.17) is 4.42 Å². The number of nitrogens with one attached hydrogen (secondary N) is 1. The second-order valence-corrected chi connectivity index (χ2v) is 8.63. The predicted octanol–water partition coefficient (Wildman–Crippen LogP) is 4.31. The SMILES string of the molecule is O=C(CN(Cc1ccco1)Cc1cccs1)NCCc1nc2ccccc2s1. The lowest BCUT2D eigenvalue weighted by molar-refractivity contribution is -0.122. The van der Waals surface area contributed by atoms with Crippen LogP contribution in [0.15, 0.2) is 64.6 Å². The number of carbonyl (C=O) groups excluding carboxylic acids is 1. The first kappa shape index (κ1) is 18.9. The summed E-state index contributed by atoms with van der Waals surface area (Å²) in [5.41, 5.74) is 1.02. The van der Waals surface area contributed by atoms with E-state index in [0.717, 1.165) is 29.3 Å². The van der Waals surface area contributed by atoms with Crippen molar-refractivity contribution in [1.82, 2.24) is 15.2 Å². The fraction of sp³-hybridized carbons (Fsp3) is 0.238. The molecule has 0 atom stereocenters. The average Bonchev–Trinajstić information content (AvgIpc) is 3.43. The molecule has 3 aromatic heterocycles. The van der Waals surface area contributed by atoms with Crippen LogP contribution in [-0.4, -0.2) is 28.9 Å². The third kappa shape index (κ3) is 5.07. The Hall–Kier alpha value is -2.48. The van der Waals surface area contributed by atoms with Crippen molar-refractivity contribution in [2.75, 3.05) is 13.1 Å². The van der Waals surface area contributed by atoms with Crippen LogP contribution in [0.4, 0.5) is 0 Å². The number of hydrogen-bond donors (Lipinski definition) is 1. The lowest BCUT2D eigenvalue weighted by Crippen LogP contribution is -2.37. The van der Waals surface area contributed by atoms with Crippen LogP contribution in [0.5, 0.6) is 0 Å². The molecule has 7 heteroatoms. The van der Waals surface area contributed by atoms with Gasteiger partial charge in [-0.15, -0.1) is 22.7 Å². The maximum atomic E-state index is 12.5. The van der Waals surface area contributed by atoms with Crippen LogP contribution in [0, 0.1) is 0 Å². The van der Waals surface area contributed by atoms with Crippen LogP contribution in [0.2, 0.25) is 0 Å². The Morgan fingerprint density at radius 2 is 2.04 bits per heavy atom. The summed E-state index contributed by atoms with van der Waals surface area (Å²) in [6, 6.07) is 16.0. The summed E-state index contributed by atoms with van der Waals surface area (Å²) in [7, 11) is 0. The number of benzene rings is 1. The fourth-order valence-electron chi connectivity index (χ4n) is 3.01. The summed E-state index contributed by atoms with van der Waals surface area (Å²) in [4.78, 5) is 20.4. The minimum atomic E-state index is 0.0178. The largest absolute Gasteiger partial charge is 0.468 e. The first-order valence-electron chi connectivity index (χ1n) is 9.14. The predicted molar refractivity (Wildman–Crippen MR) is 113 cm³/mol. The third-order valence-electron chi connectivity index (χ3n) is 4.29. The second kappa shape index (κ2) is 9.14. The van der Waals surface area contributed by atoms with E-state index < -0.39 is 0 Å². The van der Waals surface area contributed by atoms with Crippen LogP contribution < -0.4 is 5.32 Å². The van der Waals surface area contributed by atoms with Crippen molar-refractivity contribution in [3.05, 3.63) is 75.8 Å². The number of rotatable bonds is 9. The molecule has 0 aliphatic carbocycles. The molecule has 0 aliphatic heterocycles. The van der Waals surface area contributed by atoms with Crippen molar-refractivity contribution >= 4 is 38.8 Å². The van der Waals surface area contributed by atoms with Gasteiger partial charge in [0, 0.05) is 24.4 Å². The zero-order chi connectivity index (χ0) is 19.2. The summed E-state index contributed by atoms with van der Waals surface area (Å²) in [6.45, 7) is 2.25. The number of furan rings is 1. The molecular formula is C21H21N3O2S2. The van der Waals surface area contributed by atoms with Crippen LogP contribution in [0.1, 0.15) is 15.6 Å². The Kier molecular flexibility index (Phi) is 6.16. The van der Waals surface area contributed by atoms with Gasteiger partial charge in [-0.3, -0.25) is 9.69 Å². The van der Waals surface area contributed by atoms with Crippen LogP contribution in [0.3, 0.4) is 0 Å². The fourth-order valence-corrected chi connectivity index (χ4v) is 4.72. The van der Waals surface area contributed by atoms with E-state index in [2.05, 4.69) is 32.7 Å². The van der Waals surface area contributed by atoms with Gasteiger partial charge in [-0.05, 0) is 35.7 Å². The molecule has 0 radical (unpaired) electrons. The maximum Gasteiger partial charge on any atom is 0.234 e. The summed E-state index contributed by atoms with van der Waals surface area (Å²) >= 11 is 3.38. The maximum absolute atomic E-state index is 12.5. The topological polar surface area (TPSA) is 58.4 Å². The van der Waals surface area contributed by atoms with Gasteiger partial charge >= 0.3 is 0 Å². The van der Waals surface area contributed by atoms with Gasteiger partial charge in [0.15, 0.2) is 0 Å². The highest BCUT2D eigenvalue weighted by Gasteiger charge is 2.14. The minimum absolute atomic E-state index is 0.0178. The highest BCUT2D eigenvalue weighted by Crippen LogP contribution is 2.21. The van der Waals surface area contributed by atoms with E-state index in [1.54, 1.807) is 28.9 Å². The van der Waals surface area contributed by atoms with Crippen LogP contribution >= 0.6 is 22.7 Å². The van der Waals surface area contributed by atoms with Gasteiger partial charge in [-0.25, -0.2) is 4.98 Å². The molecule has 1 aromatic carbocycles. The molecule has 0 saturated carbocycles. The van der Waals surface area contributed by atoms with Gasteiger partial charge in [-0.2, -0.15) is 0 Å². The van der Waals surface area contributed by atoms with Gasteiger partial charge in [0.25, 0.3) is 0 Å². The van der Waals surface area contributed by atoms with Crippen molar-refractivity contribution in [1.29, 1.82) is 0 Å². The zero-order valence-corrected chi connectivity index (χ0v) is 17.0. The van der Waals surface area contributed by atoms with Crippen molar-refractivity contribution in [2.24, 2.45) is 0 Å². The quantitative estimate of drug-likeness (QED) is 0.446. The van der Waals surface area contributed by atoms with Crippen molar-refractivity contribution in [2.45, 2.75) is 19.5 Å². The van der Waals surface area contributed by atoms with E-state index in [1.807, 2.05) is 36.4 Å². The van der Waals surface area contributed by atoms with Crippen molar-refractivity contribution < 1.29 is 9.21 Å². The zero-order valence-electron chi connectivity index (χ0n) is 15.3. The minimum Gasteiger partial charge on any atom is -0.468 e. The molecule has 0 aliphatic rings. The van der Waals surface area contributed by atoms with Gasteiger partial charge in [-0.1, -0.05) is 18.2 Å². The first-order valence-corrected chi connectivity index (χ1v) is 10.8. The Bertz CT molecular complexity index is 940. The highest BCUT2D eigenvalue weighted by atomic mass is 32.1. The number of fused-ring (bicyclic) bond motifs is 1. The summed E-state index contributed by atoms with van der Waals surface area (Å²) in [6.07, 6.45) is 2.41. The highest BCUT2D eigenvalue weighted by molar-refractivity contribution is 7.18. The molecule has 4 aromatic rings. The molecule has 4 rings (SSSR count). The summed E-state index contributed by atoms with van der Waals surface area (Å²) < 4.78 is 6.64. The molecule has 0 saturated heterocycles. The number of nitrogens with zero attached hydrogens (tertiary/aromatic N) is 2. The average molecular weight is 412 g/mol.